The molecule has 0 aliphatic carbocycles. The maximum absolute atomic E-state index is 5.90. The Kier molecular flexibility index (Phi) is 3.41. The molecule has 142 valence electrons. The molecule has 1 saturated heterocycles. The molecule has 0 unspecified atom stereocenters. The highest BCUT2D eigenvalue weighted by atomic mass is 15.3. The van der Waals surface area contributed by atoms with Crippen LogP contribution in [-0.4, -0.2) is 49.3 Å². The Balaban J connectivity index is 1.43. The van der Waals surface area contributed by atoms with Crippen LogP contribution in [0.25, 0.3) is 44.6 Å². The van der Waals surface area contributed by atoms with Crippen molar-refractivity contribution < 1.29 is 0 Å². The van der Waals surface area contributed by atoms with Crippen LogP contribution >= 0.6 is 0 Å². The Morgan fingerprint density at radius 2 is 2.00 bits per heavy atom. The molecular formula is C21H18N8. The van der Waals surface area contributed by atoms with E-state index >= 15 is 0 Å². The molecule has 8 nitrogen and oxygen atoms in total. The van der Waals surface area contributed by atoms with E-state index in [1.54, 1.807) is 18.6 Å². The van der Waals surface area contributed by atoms with Gasteiger partial charge in [-0.25, -0.2) is 4.98 Å². The van der Waals surface area contributed by atoms with Crippen LogP contribution in [0.5, 0.6) is 0 Å². The Labute approximate surface area is 165 Å². The van der Waals surface area contributed by atoms with Gasteiger partial charge in [0.2, 0.25) is 0 Å². The van der Waals surface area contributed by atoms with Crippen LogP contribution in [-0.2, 0) is 0 Å². The maximum Gasteiger partial charge on any atom is 0.147 e. The number of hydrogen-bond acceptors (Lipinski definition) is 6. The number of H-pyrrole nitrogens is 2. The summed E-state index contributed by atoms with van der Waals surface area (Å²) in [5, 5.41) is 8.66. The van der Waals surface area contributed by atoms with E-state index in [9.17, 15) is 0 Å². The predicted molar refractivity (Wildman–Crippen MR) is 112 cm³/mol. The summed E-state index contributed by atoms with van der Waals surface area (Å²) in [5.41, 5.74) is 12.4. The minimum atomic E-state index is 0.219. The summed E-state index contributed by atoms with van der Waals surface area (Å²) in [7, 11) is 0. The first-order valence-corrected chi connectivity index (χ1v) is 9.50. The molecule has 8 heteroatoms. The normalized spacial score (nSPS) is 14.6. The van der Waals surface area contributed by atoms with Gasteiger partial charge >= 0.3 is 0 Å². The van der Waals surface area contributed by atoms with E-state index in [2.05, 4.69) is 36.1 Å². The average Bonchev–Trinajstić information content (AvgIpc) is 3.34. The number of aromatic amines is 2. The van der Waals surface area contributed by atoms with Crippen molar-refractivity contribution in [3.8, 4) is 22.6 Å². The maximum atomic E-state index is 5.90. The minimum Gasteiger partial charge on any atom is -0.352 e. The van der Waals surface area contributed by atoms with Crippen LogP contribution < -0.4 is 10.6 Å². The van der Waals surface area contributed by atoms with Gasteiger partial charge in [-0.2, -0.15) is 5.10 Å². The third-order valence-corrected chi connectivity index (χ3v) is 5.36. The van der Waals surface area contributed by atoms with Gasteiger partial charge in [0.05, 0.1) is 40.3 Å². The molecule has 6 rings (SSSR count). The number of anilines is 1. The van der Waals surface area contributed by atoms with E-state index in [-0.39, 0.29) is 6.04 Å². The molecule has 0 spiro atoms. The smallest absolute Gasteiger partial charge is 0.147 e. The van der Waals surface area contributed by atoms with Gasteiger partial charge in [-0.05, 0) is 30.3 Å². The fraction of sp³-hybridized carbons (Fsp3) is 0.143. The molecule has 5 aromatic rings. The van der Waals surface area contributed by atoms with Crippen molar-refractivity contribution in [2.24, 2.45) is 5.73 Å². The summed E-state index contributed by atoms with van der Waals surface area (Å²) in [6.45, 7) is 1.63. The van der Waals surface area contributed by atoms with Gasteiger partial charge in [0.25, 0.3) is 0 Å². The Morgan fingerprint density at radius 3 is 2.86 bits per heavy atom. The second kappa shape index (κ2) is 6.11. The summed E-state index contributed by atoms with van der Waals surface area (Å²) in [4.78, 5) is 19.1. The molecule has 0 saturated carbocycles. The molecule has 1 aliphatic rings. The van der Waals surface area contributed by atoms with Gasteiger partial charge in [-0.15, -0.1) is 0 Å². The van der Waals surface area contributed by atoms with Crippen LogP contribution in [0.2, 0.25) is 0 Å². The zero-order valence-electron chi connectivity index (χ0n) is 15.5. The number of hydrogen-bond donors (Lipinski definition) is 3. The Hall–Kier alpha value is -3.78. The topological polar surface area (TPSA) is 112 Å². The highest BCUT2D eigenvalue weighted by Crippen LogP contribution is 2.31. The molecule has 1 aliphatic heterocycles. The fourth-order valence-corrected chi connectivity index (χ4v) is 3.81. The second-order valence-corrected chi connectivity index (χ2v) is 7.38. The van der Waals surface area contributed by atoms with Crippen molar-refractivity contribution in [1.29, 1.82) is 0 Å². The van der Waals surface area contributed by atoms with Crippen LogP contribution in [0.1, 0.15) is 0 Å². The number of nitrogens with one attached hydrogen (secondary N) is 2. The molecule has 0 amide bonds. The largest absolute Gasteiger partial charge is 0.352 e. The summed E-state index contributed by atoms with van der Waals surface area (Å²) >= 11 is 0. The van der Waals surface area contributed by atoms with Crippen LogP contribution in [0.3, 0.4) is 0 Å². The lowest BCUT2D eigenvalue weighted by Gasteiger charge is -2.37. The lowest BCUT2D eigenvalue weighted by Crippen LogP contribution is -2.56. The molecule has 5 heterocycles. The standard InChI is InChI=1S/C21H18N8/c22-13-10-29(11-13)20-9-23-8-19(26-20)12-3-4-15-14(6-12)21(28-27-15)18-7-17-16(25-18)2-1-5-24-17/h1-9,13,25H,10-11,22H2,(H,27,28). The first-order valence-electron chi connectivity index (χ1n) is 9.50. The third-order valence-electron chi connectivity index (χ3n) is 5.36. The molecule has 4 N–H and O–H groups in total. The van der Waals surface area contributed by atoms with Crippen molar-refractivity contribution in [3.05, 3.63) is 55.0 Å². The summed E-state index contributed by atoms with van der Waals surface area (Å²) in [6.07, 6.45) is 5.36. The molecule has 0 radical (unpaired) electrons. The fourth-order valence-electron chi connectivity index (χ4n) is 3.81. The summed E-state index contributed by atoms with van der Waals surface area (Å²) in [6, 6.07) is 12.3. The van der Waals surface area contributed by atoms with Crippen LogP contribution in [0.4, 0.5) is 5.82 Å². The Morgan fingerprint density at radius 1 is 1.07 bits per heavy atom. The number of benzene rings is 1. The van der Waals surface area contributed by atoms with Crippen molar-refractivity contribution >= 4 is 27.8 Å². The molecule has 0 bridgehead atoms. The van der Waals surface area contributed by atoms with Gasteiger partial charge in [0.1, 0.15) is 11.5 Å². The zero-order valence-corrected chi connectivity index (χ0v) is 15.5. The molecule has 0 atom stereocenters. The number of nitrogens with zero attached hydrogens (tertiary/aromatic N) is 5. The Bertz CT molecular complexity index is 1310. The molecule has 1 fully saturated rings. The van der Waals surface area contributed by atoms with Crippen molar-refractivity contribution in [2.75, 3.05) is 18.0 Å². The van der Waals surface area contributed by atoms with E-state index in [1.165, 1.54) is 0 Å². The highest BCUT2D eigenvalue weighted by molar-refractivity contribution is 5.96. The van der Waals surface area contributed by atoms with E-state index < -0.39 is 0 Å². The van der Waals surface area contributed by atoms with Crippen molar-refractivity contribution in [2.45, 2.75) is 6.04 Å². The molecule has 1 aromatic carbocycles. The molecule has 4 aromatic heterocycles. The molecule has 29 heavy (non-hydrogen) atoms. The van der Waals surface area contributed by atoms with E-state index in [4.69, 9.17) is 10.7 Å². The molecular weight excluding hydrogens is 364 g/mol. The number of rotatable bonds is 3. The number of pyridine rings is 1. The number of aromatic nitrogens is 6. The van der Waals surface area contributed by atoms with Gasteiger partial charge in [0, 0.05) is 36.3 Å². The van der Waals surface area contributed by atoms with Crippen molar-refractivity contribution in [1.82, 2.24) is 30.1 Å². The third kappa shape index (κ3) is 2.65. The summed E-state index contributed by atoms with van der Waals surface area (Å²) < 4.78 is 0. The number of fused-ring (bicyclic) bond motifs is 2. The van der Waals surface area contributed by atoms with Gasteiger partial charge in [0.15, 0.2) is 0 Å². The van der Waals surface area contributed by atoms with Crippen LogP contribution in [0.15, 0.2) is 55.0 Å². The first-order chi connectivity index (χ1) is 14.2. The van der Waals surface area contributed by atoms with Gasteiger partial charge in [-0.1, -0.05) is 6.07 Å². The second-order valence-electron chi connectivity index (χ2n) is 7.38. The quantitative estimate of drug-likeness (QED) is 0.442. The monoisotopic (exact) mass is 382 g/mol. The zero-order chi connectivity index (χ0) is 19.4. The highest BCUT2D eigenvalue weighted by Gasteiger charge is 2.24. The average molecular weight is 382 g/mol. The summed E-state index contributed by atoms with van der Waals surface area (Å²) in [5.74, 6) is 0.860. The number of nitrogens with two attached hydrogens (primary N) is 1. The lowest BCUT2D eigenvalue weighted by molar-refractivity contribution is 0.514. The van der Waals surface area contributed by atoms with Crippen molar-refractivity contribution in [3.63, 3.8) is 0 Å². The van der Waals surface area contributed by atoms with E-state index in [0.29, 0.717) is 0 Å². The lowest BCUT2D eigenvalue weighted by atomic mass is 10.1. The van der Waals surface area contributed by atoms with Gasteiger partial charge in [-0.3, -0.25) is 15.1 Å². The minimum absolute atomic E-state index is 0.219. The van der Waals surface area contributed by atoms with Crippen LogP contribution in [0, 0.1) is 0 Å². The van der Waals surface area contributed by atoms with E-state index in [0.717, 1.165) is 63.5 Å². The first kappa shape index (κ1) is 16.2. The van der Waals surface area contributed by atoms with Gasteiger partial charge < -0.3 is 15.6 Å². The SMILES string of the molecule is NC1CN(c2cncc(-c3ccc4[nH]nc(-c5cc6ncccc6[nH]5)c4c3)n2)C1. The predicted octanol–water partition coefficient (Wildman–Crippen LogP) is 2.71. The van der Waals surface area contributed by atoms with E-state index in [1.807, 2.05) is 30.3 Å².